The zero-order valence-electron chi connectivity index (χ0n) is 10.1. The number of nitrogens with two attached hydrogens (primary N) is 1. The van der Waals surface area contributed by atoms with Crippen LogP contribution in [0, 0.1) is 6.92 Å². The summed E-state index contributed by atoms with van der Waals surface area (Å²) in [6.45, 7) is 1.80. The van der Waals surface area contributed by atoms with Crippen LogP contribution in [-0.2, 0) is 15.6 Å². The van der Waals surface area contributed by atoms with Crippen LogP contribution >= 0.6 is 0 Å². The molecule has 94 valence electrons. The summed E-state index contributed by atoms with van der Waals surface area (Å²) < 4.78 is 24.6. The van der Waals surface area contributed by atoms with Crippen molar-refractivity contribution in [3.63, 3.8) is 0 Å². The lowest BCUT2D eigenvalue weighted by Gasteiger charge is -2.09. The van der Waals surface area contributed by atoms with Crippen LogP contribution in [-0.4, -0.2) is 8.42 Å². The molecule has 2 aromatic carbocycles. The van der Waals surface area contributed by atoms with Gasteiger partial charge in [-0.05, 0) is 24.1 Å². The van der Waals surface area contributed by atoms with Crippen molar-refractivity contribution >= 4 is 15.5 Å². The van der Waals surface area contributed by atoms with E-state index in [2.05, 4.69) is 0 Å². The quantitative estimate of drug-likeness (QED) is 0.864. The van der Waals surface area contributed by atoms with Crippen molar-refractivity contribution in [1.82, 2.24) is 0 Å². The summed E-state index contributed by atoms with van der Waals surface area (Å²) in [4.78, 5) is 0.214. The normalized spacial score (nSPS) is 11.4. The first-order chi connectivity index (χ1) is 8.50. The van der Waals surface area contributed by atoms with Crippen molar-refractivity contribution in [3.05, 3.63) is 59.7 Å². The number of nitrogen functional groups attached to an aromatic ring is 1. The van der Waals surface area contributed by atoms with E-state index in [1.165, 1.54) is 0 Å². The number of sulfone groups is 1. The van der Waals surface area contributed by atoms with Gasteiger partial charge in [0.25, 0.3) is 0 Å². The van der Waals surface area contributed by atoms with Crippen molar-refractivity contribution in [2.45, 2.75) is 17.6 Å². The highest BCUT2D eigenvalue weighted by atomic mass is 32.2. The summed E-state index contributed by atoms with van der Waals surface area (Å²) in [7, 11) is -3.39. The minimum atomic E-state index is -3.39. The molecule has 0 unspecified atom stereocenters. The number of aryl methyl sites for hydroxylation is 1. The van der Waals surface area contributed by atoms with E-state index in [9.17, 15) is 8.42 Å². The van der Waals surface area contributed by atoms with Crippen LogP contribution in [0.1, 0.15) is 11.1 Å². The number of hydrogen-bond donors (Lipinski definition) is 1. The van der Waals surface area contributed by atoms with Gasteiger partial charge in [0.2, 0.25) is 0 Å². The van der Waals surface area contributed by atoms with E-state index in [4.69, 9.17) is 5.73 Å². The SMILES string of the molecule is Cc1cccc(S(=O)(=O)Cc2ccccc2)c1N. The van der Waals surface area contributed by atoms with E-state index in [1.54, 1.807) is 37.3 Å². The predicted octanol–water partition coefficient (Wildman–Crippen LogP) is 2.55. The molecule has 0 aliphatic rings. The van der Waals surface area contributed by atoms with E-state index >= 15 is 0 Å². The van der Waals surface area contributed by atoms with E-state index in [0.717, 1.165) is 11.1 Å². The molecule has 0 aliphatic heterocycles. The fraction of sp³-hybridized carbons (Fsp3) is 0.143. The Balaban J connectivity index is 2.41. The molecule has 3 nitrogen and oxygen atoms in total. The number of benzene rings is 2. The second-order valence-electron chi connectivity index (χ2n) is 4.23. The number of hydrogen-bond acceptors (Lipinski definition) is 3. The van der Waals surface area contributed by atoms with Gasteiger partial charge in [-0.15, -0.1) is 0 Å². The molecule has 0 aliphatic carbocycles. The summed E-state index contributed by atoms with van der Waals surface area (Å²) >= 11 is 0. The third kappa shape index (κ3) is 2.54. The maximum absolute atomic E-state index is 12.3. The predicted molar refractivity (Wildman–Crippen MR) is 72.9 cm³/mol. The van der Waals surface area contributed by atoms with Gasteiger partial charge in [-0.3, -0.25) is 0 Å². The Hall–Kier alpha value is -1.81. The minimum Gasteiger partial charge on any atom is -0.397 e. The highest BCUT2D eigenvalue weighted by Gasteiger charge is 2.18. The maximum atomic E-state index is 12.3. The van der Waals surface area contributed by atoms with Gasteiger partial charge in [-0.1, -0.05) is 42.5 Å². The first-order valence-corrected chi connectivity index (χ1v) is 7.28. The van der Waals surface area contributed by atoms with E-state index in [1.807, 2.05) is 18.2 Å². The monoisotopic (exact) mass is 261 g/mol. The first-order valence-electron chi connectivity index (χ1n) is 5.62. The van der Waals surface area contributed by atoms with Gasteiger partial charge < -0.3 is 5.73 Å². The van der Waals surface area contributed by atoms with Crippen LogP contribution in [0.25, 0.3) is 0 Å². The van der Waals surface area contributed by atoms with E-state index in [-0.39, 0.29) is 10.6 Å². The molecule has 0 amide bonds. The van der Waals surface area contributed by atoms with Gasteiger partial charge in [0, 0.05) is 0 Å². The molecule has 0 radical (unpaired) electrons. The van der Waals surface area contributed by atoms with Crippen molar-refractivity contribution in [2.75, 3.05) is 5.73 Å². The summed E-state index contributed by atoms with van der Waals surface area (Å²) in [6, 6.07) is 14.2. The molecule has 0 bridgehead atoms. The second kappa shape index (κ2) is 4.82. The highest BCUT2D eigenvalue weighted by Crippen LogP contribution is 2.24. The Bertz CT molecular complexity index is 649. The summed E-state index contributed by atoms with van der Waals surface area (Å²) in [5, 5.41) is 0. The summed E-state index contributed by atoms with van der Waals surface area (Å²) in [5.41, 5.74) is 7.73. The maximum Gasteiger partial charge on any atom is 0.184 e. The summed E-state index contributed by atoms with van der Waals surface area (Å²) in [6.07, 6.45) is 0. The first kappa shape index (κ1) is 12.6. The van der Waals surface area contributed by atoms with Gasteiger partial charge >= 0.3 is 0 Å². The van der Waals surface area contributed by atoms with Gasteiger partial charge in [0.15, 0.2) is 9.84 Å². The van der Waals surface area contributed by atoms with Crippen LogP contribution in [0.3, 0.4) is 0 Å². The molecule has 0 fully saturated rings. The third-order valence-electron chi connectivity index (χ3n) is 2.82. The zero-order chi connectivity index (χ0) is 13.2. The number of anilines is 1. The van der Waals surface area contributed by atoms with E-state index in [0.29, 0.717) is 5.69 Å². The van der Waals surface area contributed by atoms with Crippen molar-refractivity contribution in [1.29, 1.82) is 0 Å². The molecule has 18 heavy (non-hydrogen) atoms. The molecule has 4 heteroatoms. The average molecular weight is 261 g/mol. The van der Waals surface area contributed by atoms with Gasteiger partial charge in [0.05, 0.1) is 16.3 Å². The number of para-hydroxylation sites is 1. The molecular formula is C14H15NO2S. The average Bonchev–Trinajstić information content (AvgIpc) is 2.33. The smallest absolute Gasteiger partial charge is 0.184 e. The Kier molecular flexibility index (Phi) is 3.39. The molecule has 0 heterocycles. The van der Waals surface area contributed by atoms with E-state index < -0.39 is 9.84 Å². The Labute approximate surface area is 107 Å². The van der Waals surface area contributed by atoms with Crippen molar-refractivity contribution < 1.29 is 8.42 Å². The van der Waals surface area contributed by atoms with Gasteiger partial charge in [-0.2, -0.15) is 0 Å². The Morgan fingerprint density at radius 2 is 1.67 bits per heavy atom. The Morgan fingerprint density at radius 1 is 1.00 bits per heavy atom. The molecule has 2 aromatic rings. The lowest BCUT2D eigenvalue weighted by Crippen LogP contribution is -2.08. The third-order valence-corrected chi connectivity index (χ3v) is 4.56. The van der Waals surface area contributed by atoms with Crippen molar-refractivity contribution in [2.24, 2.45) is 0 Å². The van der Waals surface area contributed by atoms with Crippen molar-refractivity contribution in [3.8, 4) is 0 Å². The zero-order valence-corrected chi connectivity index (χ0v) is 10.9. The molecule has 0 aromatic heterocycles. The highest BCUT2D eigenvalue weighted by molar-refractivity contribution is 7.90. The molecule has 2 rings (SSSR count). The topological polar surface area (TPSA) is 60.2 Å². The van der Waals surface area contributed by atoms with Crippen LogP contribution < -0.4 is 5.73 Å². The van der Waals surface area contributed by atoms with Gasteiger partial charge in [-0.25, -0.2) is 8.42 Å². The Morgan fingerprint density at radius 3 is 2.33 bits per heavy atom. The standard InChI is InChI=1S/C14H15NO2S/c1-11-6-5-9-13(14(11)15)18(16,17)10-12-7-3-2-4-8-12/h2-9H,10,15H2,1H3. The van der Waals surface area contributed by atoms with Gasteiger partial charge in [0.1, 0.15) is 0 Å². The fourth-order valence-electron chi connectivity index (χ4n) is 1.80. The lowest BCUT2D eigenvalue weighted by atomic mass is 10.2. The molecule has 0 spiro atoms. The van der Waals surface area contributed by atoms with Crippen LogP contribution in [0.15, 0.2) is 53.4 Å². The molecule has 0 atom stereocenters. The minimum absolute atomic E-state index is 0.0263. The molecule has 0 saturated heterocycles. The number of rotatable bonds is 3. The summed E-state index contributed by atoms with van der Waals surface area (Å²) in [5.74, 6) is -0.0263. The lowest BCUT2D eigenvalue weighted by molar-refractivity contribution is 0.595. The van der Waals surface area contributed by atoms with Crippen LogP contribution in [0.4, 0.5) is 5.69 Å². The molecular weight excluding hydrogens is 246 g/mol. The fourth-order valence-corrected chi connectivity index (χ4v) is 3.37. The second-order valence-corrected chi connectivity index (χ2v) is 6.19. The van der Waals surface area contributed by atoms with Crippen LogP contribution in [0.2, 0.25) is 0 Å². The largest absolute Gasteiger partial charge is 0.397 e. The molecule has 2 N–H and O–H groups in total. The van der Waals surface area contributed by atoms with Crippen LogP contribution in [0.5, 0.6) is 0 Å². The molecule has 0 saturated carbocycles.